The summed E-state index contributed by atoms with van der Waals surface area (Å²) in [5.74, 6) is -1.11. The van der Waals surface area contributed by atoms with Crippen LogP contribution in [-0.4, -0.2) is 24.0 Å². The number of methoxy groups -OCH3 is 1. The third-order valence-electron chi connectivity index (χ3n) is 3.97. The quantitative estimate of drug-likeness (QED) is 0.636. The second kappa shape index (κ2) is 8.77. The van der Waals surface area contributed by atoms with Gasteiger partial charge < -0.3 is 15.4 Å². The maximum Gasteiger partial charge on any atom is 0.337 e. The van der Waals surface area contributed by atoms with Gasteiger partial charge in [-0.25, -0.2) is 9.18 Å². The number of benzene rings is 2. The maximum atomic E-state index is 13.0. The molecule has 1 heterocycles. The van der Waals surface area contributed by atoms with Crippen LogP contribution in [0, 0.1) is 5.82 Å². The number of amides is 1. The number of carbonyl (C=O) groups excluding carboxylic acids is 2. The second-order valence-electron chi connectivity index (χ2n) is 5.93. The molecule has 0 atom stereocenters. The van der Waals surface area contributed by atoms with Crippen molar-refractivity contribution in [3.63, 3.8) is 0 Å². The smallest absolute Gasteiger partial charge is 0.337 e. The van der Waals surface area contributed by atoms with Gasteiger partial charge in [0.15, 0.2) is 0 Å². The van der Waals surface area contributed by atoms with Gasteiger partial charge in [0.2, 0.25) is 0 Å². The van der Waals surface area contributed by atoms with Crippen molar-refractivity contribution in [2.75, 3.05) is 17.7 Å². The molecule has 2 aromatic carbocycles. The lowest BCUT2D eigenvalue weighted by atomic mass is 10.2. The van der Waals surface area contributed by atoms with Gasteiger partial charge in [-0.3, -0.25) is 9.78 Å². The van der Waals surface area contributed by atoms with Gasteiger partial charge in [-0.15, -0.1) is 0 Å². The highest BCUT2D eigenvalue weighted by Gasteiger charge is 2.10. The van der Waals surface area contributed by atoms with E-state index in [0.717, 1.165) is 5.56 Å². The first-order valence-corrected chi connectivity index (χ1v) is 8.49. The molecule has 1 amide bonds. The van der Waals surface area contributed by atoms with Gasteiger partial charge in [-0.2, -0.15) is 0 Å². The third-order valence-corrected chi connectivity index (χ3v) is 3.97. The molecule has 1 aromatic heterocycles. The number of ether oxygens (including phenoxy) is 1. The number of pyridine rings is 1. The molecule has 2 N–H and O–H groups in total. The molecular formula is C21H18FN3O3. The summed E-state index contributed by atoms with van der Waals surface area (Å²) < 4.78 is 17.6. The van der Waals surface area contributed by atoms with Gasteiger partial charge in [0.1, 0.15) is 11.5 Å². The molecule has 7 heteroatoms. The highest BCUT2D eigenvalue weighted by atomic mass is 19.1. The number of rotatable bonds is 6. The predicted octanol–water partition coefficient (Wildman–Crippen LogP) is 3.87. The molecule has 0 spiro atoms. The monoisotopic (exact) mass is 379 g/mol. The molecule has 0 aliphatic carbocycles. The number of nitrogens with one attached hydrogen (secondary N) is 2. The standard InChI is InChI=1S/C21H18FN3O3/c1-28-21(27)15-4-8-17(9-5-15)25-20(26)19-12-18(10-11-23-19)24-13-14-2-6-16(22)7-3-14/h2-12H,13H2,1H3,(H,23,24)(H,25,26). The molecule has 0 radical (unpaired) electrons. The van der Waals surface area contributed by atoms with Crippen molar-refractivity contribution in [2.45, 2.75) is 6.54 Å². The van der Waals surface area contributed by atoms with Crippen molar-refractivity contribution in [1.82, 2.24) is 4.98 Å². The van der Waals surface area contributed by atoms with Gasteiger partial charge in [0, 0.05) is 24.1 Å². The lowest BCUT2D eigenvalue weighted by Crippen LogP contribution is -2.14. The van der Waals surface area contributed by atoms with E-state index in [1.165, 1.54) is 25.4 Å². The number of anilines is 2. The van der Waals surface area contributed by atoms with E-state index in [1.807, 2.05) is 0 Å². The van der Waals surface area contributed by atoms with Crippen molar-refractivity contribution in [2.24, 2.45) is 0 Å². The minimum Gasteiger partial charge on any atom is -0.465 e. The largest absolute Gasteiger partial charge is 0.465 e. The van der Waals surface area contributed by atoms with Crippen LogP contribution in [0.4, 0.5) is 15.8 Å². The highest BCUT2D eigenvalue weighted by Crippen LogP contribution is 2.14. The van der Waals surface area contributed by atoms with E-state index in [4.69, 9.17) is 0 Å². The van der Waals surface area contributed by atoms with Crippen molar-refractivity contribution in [3.8, 4) is 0 Å². The topological polar surface area (TPSA) is 80.3 Å². The number of hydrogen-bond donors (Lipinski definition) is 2. The van der Waals surface area contributed by atoms with E-state index in [0.29, 0.717) is 23.5 Å². The first-order chi connectivity index (χ1) is 13.5. The summed E-state index contributed by atoms with van der Waals surface area (Å²) in [4.78, 5) is 27.9. The normalized spacial score (nSPS) is 10.2. The van der Waals surface area contributed by atoms with Gasteiger partial charge in [0.05, 0.1) is 12.7 Å². The minimum absolute atomic E-state index is 0.237. The zero-order valence-corrected chi connectivity index (χ0v) is 15.1. The van der Waals surface area contributed by atoms with Crippen molar-refractivity contribution in [1.29, 1.82) is 0 Å². The summed E-state index contributed by atoms with van der Waals surface area (Å²) in [5.41, 5.74) is 2.79. The molecule has 6 nitrogen and oxygen atoms in total. The maximum absolute atomic E-state index is 13.0. The number of hydrogen-bond acceptors (Lipinski definition) is 5. The van der Waals surface area contributed by atoms with Crippen LogP contribution in [0.2, 0.25) is 0 Å². The molecular weight excluding hydrogens is 361 g/mol. The lowest BCUT2D eigenvalue weighted by molar-refractivity contribution is 0.0600. The van der Waals surface area contributed by atoms with Crippen LogP contribution in [0.5, 0.6) is 0 Å². The molecule has 0 bridgehead atoms. The Morgan fingerprint density at radius 3 is 2.39 bits per heavy atom. The Kier molecular flexibility index (Phi) is 5.96. The number of esters is 1. The average molecular weight is 379 g/mol. The van der Waals surface area contributed by atoms with Crippen LogP contribution in [0.1, 0.15) is 26.4 Å². The zero-order valence-electron chi connectivity index (χ0n) is 15.1. The molecule has 0 unspecified atom stereocenters. The second-order valence-corrected chi connectivity index (χ2v) is 5.93. The van der Waals surface area contributed by atoms with Crippen LogP contribution in [0.25, 0.3) is 0 Å². The van der Waals surface area contributed by atoms with Gasteiger partial charge >= 0.3 is 5.97 Å². The Morgan fingerprint density at radius 2 is 1.71 bits per heavy atom. The van der Waals surface area contributed by atoms with E-state index >= 15 is 0 Å². The average Bonchev–Trinajstić information content (AvgIpc) is 2.73. The minimum atomic E-state index is -0.445. The van der Waals surface area contributed by atoms with E-state index in [-0.39, 0.29) is 17.4 Å². The highest BCUT2D eigenvalue weighted by molar-refractivity contribution is 6.03. The fourth-order valence-electron chi connectivity index (χ4n) is 2.47. The van der Waals surface area contributed by atoms with Crippen LogP contribution < -0.4 is 10.6 Å². The van der Waals surface area contributed by atoms with Gasteiger partial charge in [-0.05, 0) is 54.1 Å². The SMILES string of the molecule is COC(=O)c1ccc(NC(=O)c2cc(NCc3ccc(F)cc3)ccn2)cc1. The van der Waals surface area contributed by atoms with Gasteiger partial charge in [0.25, 0.3) is 5.91 Å². The Bertz CT molecular complexity index is 973. The number of nitrogens with zero attached hydrogens (tertiary/aromatic N) is 1. The van der Waals surface area contributed by atoms with E-state index < -0.39 is 5.97 Å². The van der Waals surface area contributed by atoms with E-state index in [9.17, 15) is 14.0 Å². The molecule has 142 valence electrons. The van der Waals surface area contributed by atoms with E-state index in [2.05, 4.69) is 20.4 Å². The molecule has 28 heavy (non-hydrogen) atoms. The van der Waals surface area contributed by atoms with Crippen molar-refractivity contribution >= 4 is 23.3 Å². The summed E-state index contributed by atoms with van der Waals surface area (Å²) >= 11 is 0. The van der Waals surface area contributed by atoms with Crippen LogP contribution in [0.15, 0.2) is 66.9 Å². The predicted molar refractivity (Wildman–Crippen MR) is 104 cm³/mol. The zero-order chi connectivity index (χ0) is 19.9. The van der Waals surface area contributed by atoms with Crippen LogP contribution in [-0.2, 0) is 11.3 Å². The lowest BCUT2D eigenvalue weighted by Gasteiger charge is -2.09. The Balaban J connectivity index is 1.63. The number of aromatic nitrogens is 1. The van der Waals surface area contributed by atoms with E-state index in [1.54, 1.807) is 48.5 Å². The Hall–Kier alpha value is -3.74. The fraction of sp³-hybridized carbons (Fsp3) is 0.0952. The third kappa shape index (κ3) is 4.91. The number of halogens is 1. The molecule has 0 aliphatic heterocycles. The fourth-order valence-corrected chi connectivity index (χ4v) is 2.47. The van der Waals surface area contributed by atoms with Crippen molar-refractivity contribution < 1.29 is 18.7 Å². The van der Waals surface area contributed by atoms with Gasteiger partial charge in [-0.1, -0.05) is 12.1 Å². The molecule has 3 rings (SSSR count). The van der Waals surface area contributed by atoms with Crippen LogP contribution in [0.3, 0.4) is 0 Å². The summed E-state index contributed by atoms with van der Waals surface area (Å²) in [6.45, 7) is 0.486. The summed E-state index contributed by atoms with van der Waals surface area (Å²) in [6, 6.07) is 15.9. The molecule has 0 saturated heterocycles. The van der Waals surface area contributed by atoms with Crippen molar-refractivity contribution in [3.05, 3.63) is 89.5 Å². The first-order valence-electron chi connectivity index (χ1n) is 8.49. The number of carbonyl (C=O) groups is 2. The summed E-state index contributed by atoms with van der Waals surface area (Å²) in [5, 5.41) is 5.90. The Morgan fingerprint density at radius 1 is 1.00 bits per heavy atom. The first kappa shape index (κ1) is 19.0. The molecule has 0 saturated carbocycles. The molecule has 0 aliphatic rings. The summed E-state index contributed by atoms with van der Waals surface area (Å²) in [7, 11) is 1.31. The Labute approximate surface area is 161 Å². The van der Waals surface area contributed by atoms with Crippen LogP contribution >= 0.6 is 0 Å². The summed E-state index contributed by atoms with van der Waals surface area (Å²) in [6.07, 6.45) is 1.53. The molecule has 0 fully saturated rings. The molecule has 3 aromatic rings.